The Kier molecular flexibility index (Phi) is 4.01. The molecule has 5 nitrogen and oxygen atoms in total. The van der Waals surface area contributed by atoms with E-state index >= 15 is 0 Å². The highest BCUT2D eigenvalue weighted by Crippen LogP contribution is 2.29. The van der Waals surface area contributed by atoms with Gasteiger partial charge >= 0.3 is 0 Å². The standard InChI is InChI=1S/C13H22N4O/c1-3-7-17-12(18)6-4-5-10(14)13(17)11-8-15-9-16(11)2/h8-10,13H,3-7,14H2,1-2H3. The summed E-state index contributed by atoms with van der Waals surface area (Å²) >= 11 is 0. The van der Waals surface area contributed by atoms with Crippen LogP contribution in [0.15, 0.2) is 12.5 Å². The van der Waals surface area contributed by atoms with Crippen LogP contribution in [0.3, 0.4) is 0 Å². The van der Waals surface area contributed by atoms with Gasteiger partial charge in [-0.1, -0.05) is 6.92 Å². The summed E-state index contributed by atoms with van der Waals surface area (Å²) in [6, 6.07) is -0.0363. The summed E-state index contributed by atoms with van der Waals surface area (Å²) in [5.74, 6) is 0.219. The molecule has 2 rings (SSSR count). The van der Waals surface area contributed by atoms with Gasteiger partial charge in [-0.05, 0) is 19.3 Å². The summed E-state index contributed by atoms with van der Waals surface area (Å²) in [6.07, 6.45) is 6.93. The Bertz CT molecular complexity index is 415. The van der Waals surface area contributed by atoms with E-state index in [2.05, 4.69) is 11.9 Å². The Morgan fingerprint density at radius 3 is 2.94 bits per heavy atom. The van der Waals surface area contributed by atoms with Crippen LogP contribution in [0.2, 0.25) is 0 Å². The van der Waals surface area contributed by atoms with E-state index < -0.39 is 0 Å². The van der Waals surface area contributed by atoms with Crippen LogP contribution >= 0.6 is 0 Å². The molecule has 0 spiro atoms. The number of hydrogen-bond acceptors (Lipinski definition) is 3. The van der Waals surface area contributed by atoms with Gasteiger partial charge in [-0.15, -0.1) is 0 Å². The van der Waals surface area contributed by atoms with E-state index in [-0.39, 0.29) is 18.0 Å². The summed E-state index contributed by atoms with van der Waals surface area (Å²) in [5.41, 5.74) is 7.32. The first-order chi connectivity index (χ1) is 8.65. The number of amides is 1. The number of nitrogens with two attached hydrogens (primary N) is 1. The first kappa shape index (κ1) is 13.1. The Morgan fingerprint density at radius 1 is 1.56 bits per heavy atom. The lowest BCUT2D eigenvalue weighted by Crippen LogP contribution is -2.43. The van der Waals surface area contributed by atoms with Gasteiger partial charge < -0.3 is 15.2 Å². The van der Waals surface area contributed by atoms with Crippen LogP contribution in [0.25, 0.3) is 0 Å². The lowest BCUT2D eigenvalue weighted by molar-refractivity contribution is -0.133. The van der Waals surface area contributed by atoms with E-state index in [1.807, 2.05) is 22.7 Å². The second-order valence-corrected chi connectivity index (χ2v) is 5.02. The smallest absolute Gasteiger partial charge is 0.223 e. The zero-order valence-corrected chi connectivity index (χ0v) is 11.2. The molecular formula is C13H22N4O. The van der Waals surface area contributed by atoms with Crippen molar-refractivity contribution >= 4 is 5.91 Å². The molecule has 1 saturated heterocycles. The number of likely N-dealkylation sites (tertiary alicyclic amines) is 1. The average Bonchev–Trinajstić information content (AvgIpc) is 2.69. The van der Waals surface area contributed by atoms with Crippen LogP contribution < -0.4 is 5.73 Å². The molecule has 2 atom stereocenters. The Hall–Kier alpha value is -1.36. The number of carbonyl (C=O) groups excluding carboxylic acids is 1. The van der Waals surface area contributed by atoms with Gasteiger partial charge in [0.1, 0.15) is 0 Å². The van der Waals surface area contributed by atoms with Crippen molar-refractivity contribution in [2.75, 3.05) is 6.54 Å². The summed E-state index contributed by atoms with van der Waals surface area (Å²) in [6.45, 7) is 2.85. The Morgan fingerprint density at radius 2 is 2.33 bits per heavy atom. The number of carbonyl (C=O) groups is 1. The number of aryl methyl sites for hydroxylation is 1. The van der Waals surface area contributed by atoms with Crippen molar-refractivity contribution in [3.63, 3.8) is 0 Å². The molecule has 100 valence electrons. The number of imidazole rings is 1. The molecular weight excluding hydrogens is 228 g/mol. The number of rotatable bonds is 3. The van der Waals surface area contributed by atoms with Crippen molar-refractivity contribution in [3.05, 3.63) is 18.2 Å². The van der Waals surface area contributed by atoms with E-state index in [1.54, 1.807) is 6.33 Å². The molecule has 0 saturated carbocycles. The first-order valence-corrected chi connectivity index (χ1v) is 6.66. The molecule has 2 heterocycles. The lowest BCUT2D eigenvalue weighted by Gasteiger charge is -2.33. The monoisotopic (exact) mass is 250 g/mol. The third-order valence-electron chi connectivity index (χ3n) is 3.61. The minimum Gasteiger partial charge on any atom is -0.336 e. The highest BCUT2D eigenvalue weighted by Gasteiger charge is 2.33. The molecule has 1 aromatic heterocycles. The maximum absolute atomic E-state index is 12.2. The maximum atomic E-state index is 12.2. The quantitative estimate of drug-likeness (QED) is 0.877. The molecule has 1 amide bonds. The molecule has 0 radical (unpaired) electrons. The molecule has 0 bridgehead atoms. The fraction of sp³-hybridized carbons (Fsp3) is 0.692. The zero-order valence-electron chi connectivity index (χ0n) is 11.2. The average molecular weight is 250 g/mol. The predicted molar refractivity (Wildman–Crippen MR) is 69.8 cm³/mol. The van der Waals surface area contributed by atoms with Crippen molar-refractivity contribution < 1.29 is 4.79 Å². The molecule has 1 aromatic rings. The van der Waals surface area contributed by atoms with E-state index in [1.165, 1.54) is 0 Å². The lowest BCUT2D eigenvalue weighted by atomic mass is 10.0. The second-order valence-electron chi connectivity index (χ2n) is 5.02. The largest absolute Gasteiger partial charge is 0.336 e. The fourth-order valence-electron chi connectivity index (χ4n) is 2.71. The minimum atomic E-state index is -0.0348. The van der Waals surface area contributed by atoms with E-state index in [9.17, 15) is 4.79 Å². The normalized spacial score (nSPS) is 25.3. The van der Waals surface area contributed by atoms with Gasteiger partial charge in [0.15, 0.2) is 0 Å². The molecule has 1 fully saturated rings. The first-order valence-electron chi connectivity index (χ1n) is 6.66. The van der Waals surface area contributed by atoms with Gasteiger partial charge in [-0.25, -0.2) is 4.98 Å². The van der Waals surface area contributed by atoms with Crippen LogP contribution in [0.5, 0.6) is 0 Å². The molecule has 2 N–H and O–H groups in total. The number of aromatic nitrogens is 2. The SMILES string of the molecule is CCCN1C(=O)CCCC(N)C1c1cncn1C. The highest BCUT2D eigenvalue weighted by atomic mass is 16.2. The van der Waals surface area contributed by atoms with Crippen LogP contribution in [-0.4, -0.2) is 32.9 Å². The van der Waals surface area contributed by atoms with Gasteiger partial charge in [0.05, 0.1) is 24.3 Å². The van der Waals surface area contributed by atoms with Crippen molar-refractivity contribution in [2.24, 2.45) is 12.8 Å². The fourth-order valence-corrected chi connectivity index (χ4v) is 2.71. The van der Waals surface area contributed by atoms with Gasteiger partial charge in [-0.2, -0.15) is 0 Å². The minimum absolute atomic E-state index is 0.00148. The number of hydrogen-bond donors (Lipinski definition) is 1. The predicted octanol–water partition coefficient (Wildman–Crippen LogP) is 1.21. The second kappa shape index (κ2) is 5.52. The van der Waals surface area contributed by atoms with Gasteiger partial charge in [-0.3, -0.25) is 4.79 Å². The summed E-state index contributed by atoms with van der Waals surface area (Å²) in [4.78, 5) is 18.3. The topological polar surface area (TPSA) is 64.2 Å². The Balaban J connectivity index is 2.36. The van der Waals surface area contributed by atoms with Crippen molar-refractivity contribution in [1.82, 2.24) is 14.5 Å². The van der Waals surface area contributed by atoms with Gasteiger partial charge in [0.25, 0.3) is 0 Å². The number of nitrogens with zero attached hydrogens (tertiary/aromatic N) is 3. The van der Waals surface area contributed by atoms with E-state index in [0.717, 1.165) is 31.5 Å². The van der Waals surface area contributed by atoms with Crippen LogP contribution in [0.1, 0.15) is 44.3 Å². The molecule has 1 aliphatic heterocycles. The summed E-state index contributed by atoms with van der Waals surface area (Å²) in [5, 5.41) is 0. The van der Waals surface area contributed by atoms with Crippen molar-refractivity contribution in [2.45, 2.75) is 44.7 Å². The molecule has 18 heavy (non-hydrogen) atoms. The molecule has 1 aliphatic rings. The zero-order chi connectivity index (χ0) is 13.1. The molecule has 0 aliphatic carbocycles. The maximum Gasteiger partial charge on any atom is 0.223 e. The van der Waals surface area contributed by atoms with Gasteiger partial charge in [0, 0.05) is 26.1 Å². The summed E-state index contributed by atoms with van der Waals surface area (Å²) < 4.78 is 1.96. The molecule has 0 aromatic carbocycles. The van der Waals surface area contributed by atoms with E-state index in [4.69, 9.17) is 5.73 Å². The third kappa shape index (κ3) is 2.41. The molecule has 5 heteroatoms. The van der Waals surface area contributed by atoms with Crippen molar-refractivity contribution in [1.29, 1.82) is 0 Å². The highest BCUT2D eigenvalue weighted by molar-refractivity contribution is 5.77. The van der Waals surface area contributed by atoms with E-state index in [0.29, 0.717) is 6.42 Å². The van der Waals surface area contributed by atoms with Crippen molar-refractivity contribution in [3.8, 4) is 0 Å². The van der Waals surface area contributed by atoms with Crippen LogP contribution in [-0.2, 0) is 11.8 Å². The molecule has 2 unspecified atom stereocenters. The van der Waals surface area contributed by atoms with Crippen LogP contribution in [0.4, 0.5) is 0 Å². The Labute approximate surface area is 108 Å². The summed E-state index contributed by atoms with van der Waals surface area (Å²) in [7, 11) is 1.95. The van der Waals surface area contributed by atoms with Gasteiger partial charge in [0.2, 0.25) is 5.91 Å². The van der Waals surface area contributed by atoms with Crippen LogP contribution in [0, 0.1) is 0 Å². The third-order valence-corrected chi connectivity index (χ3v) is 3.61.